The third-order valence-corrected chi connectivity index (χ3v) is 5.00. The van der Waals surface area contributed by atoms with E-state index < -0.39 is 18.0 Å². The lowest BCUT2D eigenvalue weighted by molar-refractivity contribution is 0.143. The molecule has 29 heavy (non-hydrogen) atoms. The molecule has 4 nitrogen and oxygen atoms in total. The number of aliphatic hydroxyl groups excluding tert-OH is 1. The molecule has 1 aromatic heterocycles. The minimum Gasteiger partial charge on any atom is -0.496 e. The molecule has 0 aliphatic rings. The summed E-state index contributed by atoms with van der Waals surface area (Å²) in [6, 6.07) is 10.7. The Hall–Kier alpha value is -1.60. The fourth-order valence-corrected chi connectivity index (χ4v) is 3.11. The van der Waals surface area contributed by atoms with Crippen LogP contribution in [0.1, 0.15) is 23.3 Å². The van der Waals surface area contributed by atoms with Gasteiger partial charge in [-0.2, -0.15) is 0 Å². The minimum atomic E-state index is -1.04. The Balaban J connectivity index is 0.00000210. The van der Waals surface area contributed by atoms with Crippen molar-refractivity contribution in [3.63, 3.8) is 0 Å². The van der Waals surface area contributed by atoms with E-state index in [0.29, 0.717) is 38.0 Å². The summed E-state index contributed by atoms with van der Waals surface area (Å²) < 4.78 is 18.8. The average Bonchev–Trinajstić information content (AvgIpc) is 2.68. The van der Waals surface area contributed by atoms with Crippen molar-refractivity contribution in [3.05, 3.63) is 81.8 Å². The summed E-state index contributed by atoms with van der Waals surface area (Å²) in [5.41, 5.74) is 8.66. The maximum atomic E-state index is 13.4. The van der Waals surface area contributed by atoms with Gasteiger partial charge in [0.05, 0.1) is 29.4 Å². The summed E-state index contributed by atoms with van der Waals surface area (Å²) in [5, 5.41) is 11.5. The van der Waals surface area contributed by atoms with E-state index in [1.807, 2.05) is 0 Å². The van der Waals surface area contributed by atoms with Crippen molar-refractivity contribution in [2.24, 2.45) is 5.73 Å². The van der Waals surface area contributed by atoms with E-state index in [2.05, 4.69) is 4.98 Å². The molecule has 0 aliphatic heterocycles. The quantitative estimate of drug-likeness (QED) is 0.486. The fourth-order valence-electron chi connectivity index (χ4n) is 2.80. The summed E-state index contributed by atoms with van der Waals surface area (Å²) in [4.78, 5) is 3.85. The number of aliphatic hydroxyl groups is 1. The van der Waals surface area contributed by atoms with Gasteiger partial charge < -0.3 is 15.6 Å². The molecule has 0 bridgehead atoms. The fraction of sp³-hybridized carbons (Fsp3) is 0.150. The maximum absolute atomic E-state index is 13.4. The Morgan fingerprint density at radius 1 is 1.00 bits per heavy atom. The van der Waals surface area contributed by atoms with E-state index in [1.165, 1.54) is 13.2 Å². The Bertz CT molecular complexity index is 975. The number of nitrogens with two attached hydrogens (primary N) is 1. The number of methoxy groups -OCH3 is 1. The number of pyridine rings is 1. The Morgan fingerprint density at radius 3 is 2.34 bits per heavy atom. The smallest absolute Gasteiger partial charge is 0.142 e. The van der Waals surface area contributed by atoms with Crippen molar-refractivity contribution in [1.82, 2.24) is 4.98 Å². The molecule has 156 valence electrons. The second kappa shape index (κ2) is 11.0. The van der Waals surface area contributed by atoms with Crippen molar-refractivity contribution in [3.8, 4) is 16.9 Å². The van der Waals surface area contributed by atoms with Crippen molar-refractivity contribution in [2.75, 3.05) is 7.11 Å². The van der Waals surface area contributed by atoms with Crippen LogP contribution in [-0.2, 0) is 0 Å². The number of nitrogens with zero attached hydrogens (tertiary/aromatic N) is 1. The molecule has 0 fully saturated rings. The zero-order valence-electron chi connectivity index (χ0n) is 15.2. The van der Waals surface area contributed by atoms with Crippen LogP contribution < -0.4 is 10.5 Å². The summed E-state index contributed by atoms with van der Waals surface area (Å²) in [6.45, 7) is 0. The zero-order valence-corrected chi connectivity index (χ0v) is 18.3. The maximum Gasteiger partial charge on any atom is 0.142 e. The molecular formula is C20H19Cl4FN2O2. The van der Waals surface area contributed by atoms with E-state index in [1.54, 1.807) is 42.6 Å². The van der Waals surface area contributed by atoms with Gasteiger partial charge in [-0.1, -0.05) is 41.4 Å². The van der Waals surface area contributed by atoms with Gasteiger partial charge in [-0.3, -0.25) is 4.98 Å². The molecule has 3 aromatic rings. The first kappa shape index (κ1) is 25.4. The number of ether oxygens (including phenoxy) is 1. The molecule has 3 rings (SSSR count). The van der Waals surface area contributed by atoms with Crippen molar-refractivity contribution in [2.45, 2.75) is 12.1 Å². The number of hydrogen-bond donors (Lipinski definition) is 2. The van der Waals surface area contributed by atoms with Gasteiger partial charge in [-0.15, -0.1) is 24.8 Å². The lowest BCUT2D eigenvalue weighted by atomic mass is 9.94. The van der Waals surface area contributed by atoms with E-state index in [4.69, 9.17) is 33.7 Å². The van der Waals surface area contributed by atoms with Gasteiger partial charge in [-0.25, -0.2) is 4.39 Å². The zero-order chi connectivity index (χ0) is 19.6. The van der Waals surface area contributed by atoms with Gasteiger partial charge in [0.15, 0.2) is 0 Å². The first-order valence-corrected chi connectivity index (χ1v) is 8.83. The van der Waals surface area contributed by atoms with E-state index in [0.717, 1.165) is 6.20 Å². The first-order chi connectivity index (χ1) is 12.9. The molecule has 0 unspecified atom stereocenters. The molecule has 2 atom stereocenters. The van der Waals surface area contributed by atoms with Crippen molar-refractivity contribution < 1.29 is 14.2 Å². The van der Waals surface area contributed by atoms with Crippen LogP contribution in [0.2, 0.25) is 10.0 Å². The number of halogens is 5. The first-order valence-electron chi connectivity index (χ1n) is 8.08. The largest absolute Gasteiger partial charge is 0.496 e. The number of rotatable bonds is 5. The molecule has 1 heterocycles. The van der Waals surface area contributed by atoms with Crippen LogP contribution in [0.25, 0.3) is 11.1 Å². The predicted molar refractivity (Wildman–Crippen MR) is 119 cm³/mol. The standard InChI is InChI=1S/C20H17Cl2FN2O2.2ClH/c1-27-18-8-11(13-6-14(23)10-25-9-13)2-4-15(18)20(26)19(24)12-3-5-16(21)17(22)7-12;;/h2-10,19-20,26H,24H2,1H3;2*1H/t19-,20+;;/m0../s1. The number of aromatic nitrogens is 1. The highest BCUT2D eigenvalue weighted by Crippen LogP contribution is 2.37. The highest BCUT2D eigenvalue weighted by molar-refractivity contribution is 6.42. The second-order valence-corrected chi connectivity index (χ2v) is 6.81. The molecule has 0 amide bonds. The third kappa shape index (κ3) is 5.72. The Kier molecular flexibility index (Phi) is 9.62. The highest BCUT2D eigenvalue weighted by Gasteiger charge is 2.23. The number of benzene rings is 2. The average molecular weight is 480 g/mol. The lowest BCUT2D eigenvalue weighted by Crippen LogP contribution is -2.20. The summed E-state index contributed by atoms with van der Waals surface area (Å²) in [6.07, 6.45) is 1.64. The molecule has 2 aromatic carbocycles. The molecule has 0 saturated carbocycles. The van der Waals surface area contributed by atoms with Crippen LogP contribution >= 0.6 is 48.0 Å². The van der Waals surface area contributed by atoms with E-state index in [-0.39, 0.29) is 24.8 Å². The van der Waals surface area contributed by atoms with Gasteiger partial charge in [0.25, 0.3) is 0 Å². The van der Waals surface area contributed by atoms with Crippen LogP contribution in [0, 0.1) is 5.82 Å². The molecule has 0 saturated heterocycles. The van der Waals surface area contributed by atoms with Gasteiger partial charge in [-0.05, 0) is 35.4 Å². The number of hydrogen-bond acceptors (Lipinski definition) is 4. The summed E-state index contributed by atoms with van der Waals surface area (Å²) in [5.74, 6) is -0.00279. The van der Waals surface area contributed by atoms with Gasteiger partial charge in [0.1, 0.15) is 17.7 Å². The molecule has 0 aliphatic carbocycles. The molecule has 0 radical (unpaired) electrons. The van der Waals surface area contributed by atoms with Gasteiger partial charge in [0.2, 0.25) is 0 Å². The van der Waals surface area contributed by atoms with Crippen molar-refractivity contribution >= 4 is 48.0 Å². The van der Waals surface area contributed by atoms with Crippen LogP contribution in [0.4, 0.5) is 4.39 Å². The van der Waals surface area contributed by atoms with Crippen LogP contribution in [0.3, 0.4) is 0 Å². The Morgan fingerprint density at radius 2 is 1.72 bits per heavy atom. The molecular weight excluding hydrogens is 461 g/mol. The molecule has 0 spiro atoms. The normalized spacial score (nSPS) is 12.3. The monoisotopic (exact) mass is 478 g/mol. The Labute approximate surface area is 190 Å². The predicted octanol–water partition coefficient (Wildman–Crippen LogP) is 5.78. The summed E-state index contributed by atoms with van der Waals surface area (Å²) in [7, 11) is 1.49. The molecule has 9 heteroatoms. The third-order valence-electron chi connectivity index (χ3n) is 4.26. The lowest BCUT2D eigenvalue weighted by Gasteiger charge is -2.22. The van der Waals surface area contributed by atoms with E-state index in [9.17, 15) is 9.50 Å². The SMILES string of the molecule is COc1cc(-c2cncc(F)c2)ccc1[C@@H](O)[C@@H](N)c1ccc(Cl)c(Cl)c1.Cl.Cl. The van der Waals surface area contributed by atoms with Crippen LogP contribution in [0.5, 0.6) is 5.75 Å². The second-order valence-electron chi connectivity index (χ2n) is 5.99. The minimum absolute atomic E-state index is 0. The van der Waals surface area contributed by atoms with Crippen LogP contribution in [-0.4, -0.2) is 17.2 Å². The van der Waals surface area contributed by atoms with Crippen molar-refractivity contribution in [1.29, 1.82) is 0 Å². The van der Waals surface area contributed by atoms with E-state index >= 15 is 0 Å². The highest BCUT2D eigenvalue weighted by atomic mass is 35.5. The van der Waals surface area contributed by atoms with Crippen LogP contribution in [0.15, 0.2) is 54.9 Å². The summed E-state index contributed by atoms with van der Waals surface area (Å²) >= 11 is 12.0. The van der Waals surface area contributed by atoms with Gasteiger partial charge in [0, 0.05) is 17.3 Å². The molecule has 3 N–H and O–H groups in total. The van der Waals surface area contributed by atoms with Gasteiger partial charge >= 0.3 is 0 Å². The topological polar surface area (TPSA) is 68.4 Å².